The van der Waals surface area contributed by atoms with E-state index in [1.165, 1.54) is 0 Å². The lowest BCUT2D eigenvalue weighted by Gasteiger charge is -2.23. The van der Waals surface area contributed by atoms with Crippen molar-refractivity contribution in [2.45, 2.75) is 25.8 Å². The Morgan fingerprint density at radius 1 is 1.58 bits per heavy atom. The zero-order chi connectivity index (χ0) is 14.0. The van der Waals surface area contributed by atoms with Gasteiger partial charge in [-0.3, -0.25) is 9.69 Å². The molecule has 1 aliphatic rings. The second-order valence-electron chi connectivity index (χ2n) is 4.58. The lowest BCUT2D eigenvalue weighted by atomic mass is 10.1. The number of hydrogen-bond donors (Lipinski definition) is 2. The molecule has 102 valence electrons. The molecule has 2 amide bonds. The molecule has 1 fully saturated rings. The molecule has 1 unspecified atom stereocenters. The maximum atomic E-state index is 11.9. The summed E-state index contributed by atoms with van der Waals surface area (Å²) in [6, 6.07) is 5.40. The first-order valence-corrected chi connectivity index (χ1v) is 6.83. The van der Waals surface area contributed by atoms with Crippen molar-refractivity contribution >= 4 is 33.6 Å². The number of halogens is 1. The fourth-order valence-electron chi connectivity index (χ4n) is 2.13. The van der Waals surface area contributed by atoms with Crippen molar-refractivity contribution in [3.05, 3.63) is 28.2 Å². The Bertz CT molecular complexity index is 519. The van der Waals surface area contributed by atoms with Crippen LogP contribution in [0.15, 0.2) is 22.7 Å². The van der Waals surface area contributed by atoms with Crippen LogP contribution in [-0.4, -0.2) is 29.7 Å². The van der Waals surface area contributed by atoms with Gasteiger partial charge in [0.25, 0.3) is 0 Å². The third-order valence-corrected chi connectivity index (χ3v) is 4.05. The summed E-state index contributed by atoms with van der Waals surface area (Å²) in [5.41, 5.74) is 1.87. The van der Waals surface area contributed by atoms with Gasteiger partial charge in [-0.05, 0) is 31.0 Å². The Morgan fingerprint density at radius 3 is 2.95 bits per heavy atom. The van der Waals surface area contributed by atoms with Gasteiger partial charge in [0.1, 0.15) is 0 Å². The van der Waals surface area contributed by atoms with Gasteiger partial charge in [-0.25, -0.2) is 4.79 Å². The summed E-state index contributed by atoms with van der Waals surface area (Å²) in [6.07, 6.45) is 0.503. The fraction of sp³-hybridized carbons (Fsp3) is 0.385. The van der Waals surface area contributed by atoms with Crippen molar-refractivity contribution in [1.82, 2.24) is 5.32 Å². The highest BCUT2D eigenvalue weighted by Gasteiger charge is 2.32. The lowest BCUT2D eigenvalue weighted by Crippen LogP contribution is -2.34. The molecule has 0 aliphatic carbocycles. The Labute approximate surface area is 119 Å². The number of rotatable bonds is 4. The number of anilines is 1. The molecular formula is C13H15BrN2O3. The van der Waals surface area contributed by atoms with Crippen LogP contribution < -0.4 is 10.2 Å². The molecule has 6 heteroatoms. The molecule has 5 nitrogen and oxygen atoms in total. The van der Waals surface area contributed by atoms with E-state index in [9.17, 15) is 9.59 Å². The maximum absolute atomic E-state index is 11.9. The van der Waals surface area contributed by atoms with Crippen LogP contribution in [0.1, 0.15) is 18.4 Å². The van der Waals surface area contributed by atoms with Gasteiger partial charge in [-0.2, -0.15) is 0 Å². The smallest absolute Gasteiger partial charge is 0.322 e. The quantitative estimate of drug-likeness (QED) is 0.893. The molecule has 0 aromatic heterocycles. The highest BCUT2D eigenvalue weighted by molar-refractivity contribution is 9.10. The minimum Gasteiger partial charge on any atom is -0.481 e. The van der Waals surface area contributed by atoms with Crippen molar-refractivity contribution in [3.63, 3.8) is 0 Å². The van der Waals surface area contributed by atoms with E-state index in [0.29, 0.717) is 13.0 Å². The number of nitrogens with one attached hydrogen (secondary N) is 1. The molecule has 0 spiro atoms. The monoisotopic (exact) mass is 326 g/mol. The third-order valence-electron chi connectivity index (χ3n) is 3.20. The number of urea groups is 1. The van der Waals surface area contributed by atoms with Gasteiger partial charge in [0, 0.05) is 23.1 Å². The number of aryl methyl sites for hydroxylation is 1. The Kier molecular flexibility index (Phi) is 4.09. The first-order chi connectivity index (χ1) is 8.99. The standard InChI is InChI=1S/C13H15BrN2O3/c1-8-2-3-9(6-11(8)14)16-10(4-5-12(17)18)7-15-13(16)19/h2-3,6,10H,4-5,7H2,1H3,(H,15,19)(H,17,18). The number of carbonyl (C=O) groups is 2. The second-order valence-corrected chi connectivity index (χ2v) is 5.43. The zero-order valence-electron chi connectivity index (χ0n) is 10.5. The predicted molar refractivity (Wildman–Crippen MR) is 75.4 cm³/mol. The van der Waals surface area contributed by atoms with Crippen LogP contribution in [0.25, 0.3) is 0 Å². The number of amides is 2. The van der Waals surface area contributed by atoms with E-state index in [-0.39, 0.29) is 18.5 Å². The number of carboxylic acid groups (broad SMARTS) is 1. The average Bonchev–Trinajstić information content (AvgIpc) is 2.71. The van der Waals surface area contributed by atoms with Crippen LogP contribution in [0.2, 0.25) is 0 Å². The molecule has 0 bridgehead atoms. The second kappa shape index (κ2) is 5.61. The molecule has 1 heterocycles. The highest BCUT2D eigenvalue weighted by Crippen LogP contribution is 2.27. The molecule has 19 heavy (non-hydrogen) atoms. The lowest BCUT2D eigenvalue weighted by molar-refractivity contribution is -0.137. The summed E-state index contributed by atoms with van der Waals surface area (Å²) < 4.78 is 0.932. The van der Waals surface area contributed by atoms with Crippen molar-refractivity contribution < 1.29 is 14.7 Å². The Hall–Kier alpha value is -1.56. The fourth-order valence-corrected chi connectivity index (χ4v) is 2.50. The number of carbonyl (C=O) groups excluding carboxylic acids is 1. The molecule has 0 saturated carbocycles. The van der Waals surface area contributed by atoms with Gasteiger partial charge in [-0.1, -0.05) is 22.0 Å². The minimum atomic E-state index is -0.843. The van der Waals surface area contributed by atoms with Crippen LogP contribution in [0.3, 0.4) is 0 Å². The molecule has 1 aromatic rings. The van der Waals surface area contributed by atoms with Crippen molar-refractivity contribution in [2.75, 3.05) is 11.4 Å². The first-order valence-electron chi connectivity index (χ1n) is 6.04. The minimum absolute atomic E-state index is 0.0587. The van der Waals surface area contributed by atoms with Crippen molar-refractivity contribution in [1.29, 1.82) is 0 Å². The zero-order valence-corrected chi connectivity index (χ0v) is 12.1. The summed E-state index contributed by atoms with van der Waals surface area (Å²) in [4.78, 5) is 24.2. The topological polar surface area (TPSA) is 69.6 Å². The maximum Gasteiger partial charge on any atom is 0.322 e. The molecule has 1 aliphatic heterocycles. The van der Waals surface area contributed by atoms with E-state index in [2.05, 4.69) is 21.2 Å². The molecule has 2 N–H and O–H groups in total. The van der Waals surface area contributed by atoms with E-state index in [1.807, 2.05) is 25.1 Å². The molecule has 1 aromatic carbocycles. The summed E-state index contributed by atoms with van der Waals surface area (Å²) in [6.45, 7) is 2.46. The van der Waals surface area contributed by atoms with Gasteiger partial charge in [-0.15, -0.1) is 0 Å². The molecule has 2 rings (SSSR count). The van der Waals surface area contributed by atoms with E-state index in [1.54, 1.807) is 4.90 Å². The van der Waals surface area contributed by atoms with Crippen molar-refractivity contribution in [2.24, 2.45) is 0 Å². The van der Waals surface area contributed by atoms with Crippen LogP contribution in [0, 0.1) is 6.92 Å². The van der Waals surface area contributed by atoms with Gasteiger partial charge >= 0.3 is 12.0 Å². The van der Waals surface area contributed by atoms with Gasteiger partial charge < -0.3 is 10.4 Å². The average molecular weight is 327 g/mol. The number of carboxylic acids is 1. The van der Waals surface area contributed by atoms with E-state index >= 15 is 0 Å². The molecule has 0 radical (unpaired) electrons. The van der Waals surface area contributed by atoms with Crippen LogP contribution in [0.5, 0.6) is 0 Å². The first kappa shape index (κ1) is 13.9. The van der Waals surface area contributed by atoms with Gasteiger partial charge in [0.05, 0.1) is 6.04 Å². The van der Waals surface area contributed by atoms with Gasteiger partial charge in [0.2, 0.25) is 0 Å². The number of hydrogen-bond acceptors (Lipinski definition) is 2. The Morgan fingerprint density at radius 2 is 2.32 bits per heavy atom. The van der Waals surface area contributed by atoms with Crippen LogP contribution in [-0.2, 0) is 4.79 Å². The Balaban J connectivity index is 2.20. The van der Waals surface area contributed by atoms with Crippen LogP contribution in [0.4, 0.5) is 10.5 Å². The molecular weight excluding hydrogens is 312 g/mol. The summed E-state index contributed by atoms with van der Waals surface area (Å²) >= 11 is 3.44. The van der Waals surface area contributed by atoms with Crippen molar-refractivity contribution in [3.8, 4) is 0 Å². The summed E-state index contributed by atoms with van der Waals surface area (Å²) in [5.74, 6) is -0.843. The van der Waals surface area contributed by atoms with E-state index < -0.39 is 5.97 Å². The number of benzene rings is 1. The van der Waals surface area contributed by atoms with Crippen LogP contribution >= 0.6 is 15.9 Å². The molecule has 1 saturated heterocycles. The van der Waals surface area contributed by atoms with E-state index in [4.69, 9.17) is 5.11 Å². The predicted octanol–water partition coefficient (Wildman–Crippen LogP) is 2.52. The largest absolute Gasteiger partial charge is 0.481 e. The van der Waals surface area contributed by atoms with E-state index in [0.717, 1.165) is 15.7 Å². The SMILES string of the molecule is Cc1ccc(N2C(=O)NCC2CCC(=O)O)cc1Br. The summed E-state index contributed by atoms with van der Waals surface area (Å²) in [5, 5.41) is 11.5. The molecule has 1 atom stereocenters. The summed E-state index contributed by atoms with van der Waals surface area (Å²) in [7, 11) is 0. The third kappa shape index (κ3) is 3.07. The number of nitrogens with zero attached hydrogens (tertiary/aromatic N) is 1. The number of aliphatic carboxylic acids is 1. The normalized spacial score (nSPS) is 18.5. The highest BCUT2D eigenvalue weighted by atomic mass is 79.9. The van der Waals surface area contributed by atoms with Gasteiger partial charge in [0.15, 0.2) is 0 Å².